The summed E-state index contributed by atoms with van der Waals surface area (Å²) < 4.78 is 27.2. The van der Waals surface area contributed by atoms with Crippen LogP contribution in [0.15, 0.2) is 48.5 Å². The molecule has 0 saturated carbocycles. The zero-order valence-corrected chi connectivity index (χ0v) is 17.5. The minimum atomic E-state index is -0.501. The van der Waals surface area contributed by atoms with Crippen molar-refractivity contribution in [2.24, 2.45) is 5.73 Å². The molecule has 0 atom stereocenters. The summed E-state index contributed by atoms with van der Waals surface area (Å²) in [6, 6.07) is 12.4. The summed E-state index contributed by atoms with van der Waals surface area (Å²) in [6.45, 7) is 3.83. The molecule has 1 heterocycles. The normalized spacial score (nSPS) is 15.4. The fraction of sp³-hybridized carbons (Fsp3) is 0.391. The first-order chi connectivity index (χ1) is 14.9. The van der Waals surface area contributed by atoms with Gasteiger partial charge in [0.15, 0.2) is 0 Å². The van der Waals surface area contributed by atoms with Gasteiger partial charge in [-0.3, -0.25) is 19.4 Å². The highest BCUT2D eigenvalue weighted by molar-refractivity contribution is 5.95. The van der Waals surface area contributed by atoms with Gasteiger partial charge in [-0.25, -0.2) is 8.78 Å². The summed E-state index contributed by atoms with van der Waals surface area (Å²) in [7, 11) is 0. The lowest BCUT2D eigenvalue weighted by atomic mass is 10.2. The number of hydrogen-bond donors (Lipinski definition) is 1. The van der Waals surface area contributed by atoms with Crippen LogP contribution in [0.1, 0.15) is 18.4 Å². The van der Waals surface area contributed by atoms with E-state index >= 15 is 0 Å². The third kappa shape index (κ3) is 6.83. The van der Waals surface area contributed by atoms with Gasteiger partial charge in [-0.1, -0.05) is 18.2 Å². The molecule has 166 valence electrons. The lowest BCUT2D eigenvalue weighted by molar-refractivity contribution is -0.120. The number of halogens is 2. The fourth-order valence-electron chi connectivity index (χ4n) is 3.73. The average molecular weight is 430 g/mol. The summed E-state index contributed by atoms with van der Waals surface area (Å²) in [4.78, 5) is 30.0. The first-order valence-electron chi connectivity index (χ1n) is 10.4. The van der Waals surface area contributed by atoms with Gasteiger partial charge in [0.05, 0.1) is 6.54 Å². The summed E-state index contributed by atoms with van der Waals surface area (Å²) in [6.07, 6.45) is 0.888. The number of primary amides is 1. The van der Waals surface area contributed by atoms with E-state index < -0.39 is 11.7 Å². The van der Waals surface area contributed by atoms with Gasteiger partial charge in [0.25, 0.3) is 0 Å². The lowest BCUT2D eigenvalue weighted by Crippen LogP contribution is -2.43. The van der Waals surface area contributed by atoms with E-state index in [2.05, 4.69) is 9.80 Å². The standard InChI is InChI=1S/C23H28F2N4O2/c24-19-6-8-20(9-7-19)29(13-10-22(26)30)23(31)17-28-12-3-11-27(14-15-28)16-18-4-1-2-5-21(18)25/h1-2,4-9H,3,10-17H2,(H2,26,30). The van der Waals surface area contributed by atoms with Crippen LogP contribution in [0, 0.1) is 11.6 Å². The summed E-state index contributed by atoms with van der Waals surface area (Å²) in [5, 5.41) is 0. The van der Waals surface area contributed by atoms with Gasteiger partial charge in [0.1, 0.15) is 11.6 Å². The van der Waals surface area contributed by atoms with Crippen molar-refractivity contribution in [3.63, 3.8) is 0 Å². The first-order valence-corrected chi connectivity index (χ1v) is 10.4. The van der Waals surface area contributed by atoms with Gasteiger partial charge in [0.2, 0.25) is 11.8 Å². The molecule has 0 aliphatic carbocycles. The van der Waals surface area contributed by atoms with Crippen molar-refractivity contribution in [1.82, 2.24) is 9.80 Å². The summed E-state index contributed by atoms with van der Waals surface area (Å²) in [5.41, 5.74) is 6.46. The molecule has 3 rings (SSSR count). The van der Waals surface area contributed by atoms with E-state index in [1.54, 1.807) is 12.1 Å². The van der Waals surface area contributed by atoms with E-state index in [-0.39, 0.29) is 31.2 Å². The second-order valence-electron chi connectivity index (χ2n) is 7.74. The van der Waals surface area contributed by atoms with E-state index in [1.807, 2.05) is 6.07 Å². The Morgan fingerprint density at radius 2 is 1.61 bits per heavy atom. The fourth-order valence-corrected chi connectivity index (χ4v) is 3.73. The molecule has 31 heavy (non-hydrogen) atoms. The Bertz CT molecular complexity index is 891. The van der Waals surface area contributed by atoms with Crippen LogP contribution in [-0.2, 0) is 16.1 Å². The van der Waals surface area contributed by atoms with Gasteiger partial charge in [-0.05, 0) is 49.8 Å². The highest BCUT2D eigenvalue weighted by Crippen LogP contribution is 2.17. The SMILES string of the molecule is NC(=O)CCN(C(=O)CN1CCCN(Cc2ccccc2F)CC1)c1ccc(F)cc1. The molecule has 1 fully saturated rings. The number of carbonyl (C=O) groups excluding carboxylic acids is 2. The van der Waals surface area contributed by atoms with E-state index in [9.17, 15) is 18.4 Å². The van der Waals surface area contributed by atoms with Gasteiger partial charge in [-0.15, -0.1) is 0 Å². The molecule has 0 radical (unpaired) electrons. The van der Waals surface area contributed by atoms with Crippen molar-refractivity contribution in [2.45, 2.75) is 19.4 Å². The van der Waals surface area contributed by atoms with Crippen molar-refractivity contribution in [2.75, 3.05) is 44.2 Å². The Morgan fingerprint density at radius 1 is 0.935 bits per heavy atom. The van der Waals surface area contributed by atoms with E-state index in [0.717, 1.165) is 26.1 Å². The number of amides is 2. The number of hydrogen-bond acceptors (Lipinski definition) is 4. The molecule has 1 aliphatic heterocycles. The van der Waals surface area contributed by atoms with E-state index in [4.69, 9.17) is 5.73 Å². The van der Waals surface area contributed by atoms with Gasteiger partial charge >= 0.3 is 0 Å². The van der Waals surface area contributed by atoms with Crippen LogP contribution >= 0.6 is 0 Å². The number of rotatable bonds is 8. The Morgan fingerprint density at radius 3 is 2.32 bits per heavy atom. The van der Waals surface area contributed by atoms with E-state index in [0.29, 0.717) is 24.3 Å². The smallest absolute Gasteiger partial charge is 0.241 e. The molecule has 0 bridgehead atoms. The predicted octanol–water partition coefficient (Wildman–Crippen LogP) is 2.38. The van der Waals surface area contributed by atoms with Crippen molar-refractivity contribution < 1.29 is 18.4 Å². The van der Waals surface area contributed by atoms with Gasteiger partial charge < -0.3 is 10.6 Å². The van der Waals surface area contributed by atoms with Crippen LogP contribution in [-0.4, -0.2) is 60.9 Å². The molecule has 0 unspecified atom stereocenters. The molecule has 2 aromatic carbocycles. The van der Waals surface area contributed by atoms with Crippen molar-refractivity contribution in [3.05, 3.63) is 65.7 Å². The molecular formula is C23H28F2N4O2. The summed E-state index contributed by atoms with van der Waals surface area (Å²) >= 11 is 0. The number of nitrogens with zero attached hydrogens (tertiary/aromatic N) is 3. The molecule has 0 aromatic heterocycles. The zero-order valence-electron chi connectivity index (χ0n) is 17.5. The van der Waals surface area contributed by atoms with E-state index in [1.165, 1.54) is 35.2 Å². The van der Waals surface area contributed by atoms with Gasteiger partial charge in [0, 0.05) is 43.9 Å². The zero-order chi connectivity index (χ0) is 22.2. The number of benzene rings is 2. The molecule has 1 aliphatic rings. The number of nitrogens with two attached hydrogens (primary N) is 1. The Hall–Kier alpha value is -2.84. The predicted molar refractivity (Wildman–Crippen MR) is 115 cm³/mol. The maximum absolute atomic E-state index is 14.0. The van der Waals surface area contributed by atoms with Crippen molar-refractivity contribution in [1.29, 1.82) is 0 Å². The number of carbonyl (C=O) groups is 2. The molecular weight excluding hydrogens is 402 g/mol. The van der Waals surface area contributed by atoms with Crippen LogP contribution in [0.25, 0.3) is 0 Å². The molecule has 8 heteroatoms. The molecule has 2 N–H and O–H groups in total. The second-order valence-corrected chi connectivity index (χ2v) is 7.74. The minimum Gasteiger partial charge on any atom is -0.370 e. The highest BCUT2D eigenvalue weighted by Gasteiger charge is 2.22. The average Bonchev–Trinajstić information content (AvgIpc) is 2.96. The molecule has 0 spiro atoms. The minimum absolute atomic E-state index is 0.0273. The van der Waals surface area contributed by atoms with Crippen LogP contribution in [0.5, 0.6) is 0 Å². The molecule has 6 nitrogen and oxygen atoms in total. The third-order valence-corrected chi connectivity index (χ3v) is 5.41. The quantitative estimate of drug-likeness (QED) is 0.698. The molecule has 2 amide bonds. The third-order valence-electron chi connectivity index (χ3n) is 5.41. The van der Waals surface area contributed by atoms with Crippen LogP contribution in [0.4, 0.5) is 14.5 Å². The Kier molecular flexibility index (Phi) is 8.08. The highest BCUT2D eigenvalue weighted by atomic mass is 19.1. The van der Waals surface area contributed by atoms with Crippen LogP contribution in [0.3, 0.4) is 0 Å². The molecule has 2 aromatic rings. The second kappa shape index (κ2) is 11.0. The van der Waals surface area contributed by atoms with Gasteiger partial charge in [-0.2, -0.15) is 0 Å². The number of anilines is 1. The van der Waals surface area contributed by atoms with Crippen LogP contribution in [0.2, 0.25) is 0 Å². The Labute approximate surface area is 181 Å². The topological polar surface area (TPSA) is 69.9 Å². The monoisotopic (exact) mass is 430 g/mol. The maximum atomic E-state index is 14.0. The summed E-state index contributed by atoms with van der Waals surface area (Å²) in [5.74, 6) is -1.27. The lowest BCUT2D eigenvalue weighted by Gasteiger charge is -2.27. The van der Waals surface area contributed by atoms with Crippen molar-refractivity contribution >= 4 is 17.5 Å². The molecule has 1 saturated heterocycles. The Balaban J connectivity index is 1.60. The maximum Gasteiger partial charge on any atom is 0.241 e. The largest absolute Gasteiger partial charge is 0.370 e. The van der Waals surface area contributed by atoms with Crippen molar-refractivity contribution in [3.8, 4) is 0 Å². The first kappa shape index (κ1) is 22.8. The van der Waals surface area contributed by atoms with Crippen LogP contribution < -0.4 is 10.6 Å².